The lowest BCUT2D eigenvalue weighted by molar-refractivity contribution is -0.145. The van der Waals surface area contributed by atoms with E-state index in [-0.39, 0.29) is 6.42 Å². The Morgan fingerprint density at radius 2 is 2.33 bits per heavy atom. The van der Waals surface area contributed by atoms with Crippen molar-refractivity contribution in [2.75, 3.05) is 7.11 Å². The molecule has 1 N–H and O–H groups in total. The third-order valence-corrected chi connectivity index (χ3v) is 1.37. The number of hydrogen-bond donors (Lipinski definition) is 1. The van der Waals surface area contributed by atoms with Gasteiger partial charge in [0.15, 0.2) is 0 Å². The van der Waals surface area contributed by atoms with E-state index >= 15 is 0 Å². The molecule has 0 aromatic heterocycles. The Morgan fingerprint density at radius 1 is 1.67 bits per heavy atom. The SMILES string of the molecule is COC(=O)C[C@@H]1NC(=O)OC1=O. The molecule has 66 valence electrons. The van der Waals surface area contributed by atoms with Crippen LogP contribution in [-0.4, -0.2) is 31.2 Å². The van der Waals surface area contributed by atoms with Gasteiger partial charge in [0, 0.05) is 0 Å². The maximum absolute atomic E-state index is 10.7. The van der Waals surface area contributed by atoms with E-state index in [0.717, 1.165) is 0 Å². The highest BCUT2D eigenvalue weighted by Gasteiger charge is 2.34. The Morgan fingerprint density at radius 3 is 2.75 bits per heavy atom. The van der Waals surface area contributed by atoms with Gasteiger partial charge >= 0.3 is 18.0 Å². The minimum absolute atomic E-state index is 0.193. The molecular weight excluding hydrogens is 166 g/mol. The van der Waals surface area contributed by atoms with Gasteiger partial charge in [0.05, 0.1) is 13.5 Å². The first kappa shape index (κ1) is 8.51. The van der Waals surface area contributed by atoms with Gasteiger partial charge in [-0.3, -0.25) is 4.79 Å². The number of alkyl carbamates (subject to hydrolysis) is 1. The molecule has 1 atom stereocenters. The lowest BCUT2D eigenvalue weighted by Gasteiger charge is -2.01. The van der Waals surface area contributed by atoms with E-state index in [1.54, 1.807) is 0 Å². The lowest BCUT2D eigenvalue weighted by Crippen LogP contribution is -2.31. The average Bonchev–Trinajstić information content (AvgIpc) is 2.30. The van der Waals surface area contributed by atoms with Gasteiger partial charge in [-0.25, -0.2) is 9.59 Å². The minimum Gasteiger partial charge on any atom is -0.469 e. The predicted molar refractivity (Wildman–Crippen MR) is 35.0 cm³/mol. The number of nitrogens with one attached hydrogen (secondary N) is 1. The van der Waals surface area contributed by atoms with Gasteiger partial charge < -0.3 is 14.8 Å². The first-order valence-corrected chi connectivity index (χ1v) is 3.22. The molecule has 1 rings (SSSR count). The maximum Gasteiger partial charge on any atom is 0.415 e. The van der Waals surface area contributed by atoms with Crippen LogP contribution in [0.2, 0.25) is 0 Å². The number of hydrogen-bond acceptors (Lipinski definition) is 5. The lowest BCUT2D eigenvalue weighted by atomic mass is 10.2. The van der Waals surface area contributed by atoms with Crippen LogP contribution in [0.15, 0.2) is 0 Å². The summed E-state index contributed by atoms with van der Waals surface area (Å²) in [7, 11) is 1.20. The number of carbonyl (C=O) groups is 3. The molecule has 0 unspecified atom stereocenters. The zero-order valence-corrected chi connectivity index (χ0v) is 6.33. The standard InChI is InChI=1S/C6H7NO5/c1-11-4(8)2-3-5(9)12-6(10)7-3/h3H,2H2,1H3,(H,7,10)/t3-/m0/s1. The van der Waals surface area contributed by atoms with Gasteiger partial charge in [-0.15, -0.1) is 0 Å². The number of rotatable bonds is 2. The number of amides is 1. The van der Waals surface area contributed by atoms with Crippen LogP contribution < -0.4 is 5.32 Å². The van der Waals surface area contributed by atoms with Crippen LogP contribution in [0.1, 0.15) is 6.42 Å². The molecule has 1 aliphatic heterocycles. The summed E-state index contributed by atoms with van der Waals surface area (Å²) in [5.41, 5.74) is 0. The van der Waals surface area contributed by atoms with Crippen molar-refractivity contribution in [3.05, 3.63) is 0 Å². The summed E-state index contributed by atoms with van der Waals surface area (Å²) >= 11 is 0. The van der Waals surface area contributed by atoms with Crippen LogP contribution in [0.3, 0.4) is 0 Å². The molecule has 0 aromatic rings. The largest absolute Gasteiger partial charge is 0.469 e. The van der Waals surface area contributed by atoms with Crippen LogP contribution >= 0.6 is 0 Å². The van der Waals surface area contributed by atoms with E-state index < -0.39 is 24.1 Å². The quantitative estimate of drug-likeness (QED) is 0.436. The third kappa shape index (κ3) is 1.71. The van der Waals surface area contributed by atoms with Crippen molar-refractivity contribution in [2.45, 2.75) is 12.5 Å². The first-order chi connectivity index (χ1) is 5.63. The van der Waals surface area contributed by atoms with E-state index in [4.69, 9.17) is 0 Å². The van der Waals surface area contributed by atoms with Crippen molar-refractivity contribution in [1.82, 2.24) is 5.32 Å². The third-order valence-electron chi connectivity index (χ3n) is 1.37. The molecule has 6 heteroatoms. The van der Waals surface area contributed by atoms with E-state index in [0.29, 0.717) is 0 Å². The Balaban J connectivity index is 2.48. The number of ether oxygens (including phenoxy) is 2. The fraction of sp³-hybridized carbons (Fsp3) is 0.500. The molecule has 1 saturated heterocycles. The maximum atomic E-state index is 10.7. The van der Waals surface area contributed by atoms with Crippen LogP contribution in [0.5, 0.6) is 0 Å². The molecule has 0 bridgehead atoms. The molecule has 0 spiro atoms. The van der Waals surface area contributed by atoms with E-state index in [2.05, 4.69) is 14.8 Å². The Kier molecular flexibility index (Phi) is 2.27. The topological polar surface area (TPSA) is 81.7 Å². The fourth-order valence-electron chi connectivity index (χ4n) is 0.778. The number of methoxy groups -OCH3 is 1. The summed E-state index contributed by atoms with van der Waals surface area (Å²) in [5, 5.41) is 2.16. The molecule has 1 heterocycles. The number of esters is 2. The van der Waals surface area contributed by atoms with Crippen LogP contribution in [-0.2, 0) is 19.1 Å². The van der Waals surface area contributed by atoms with Gasteiger partial charge in [-0.2, -0.15) is 0 Å². The van der Waals surface area contributed by atoms with Crippen molar-refractivity contribution in [3.63, 3.8) is 0 Å². The Bertz CT molecular complexity index is 236. The van der Waals surface area contributed by atoms with Crippen LogP contribution in [0, 0.1) is 0 Å². The van der Waals surface area contributed by atoms with Crippen molar-refractivity contribution in [3.8, 4) is 0 Å². The zero-order valence-electron chi connectivity index (χ0n) is 6.33. The van der Waals surface area contributed by atoms with Gasteiger partial charge in [-0.05, 0) is 0 Å². The van der Waals surface area contributed by atoms with Gasteiger partial charge in [0.1, 0.15) is 6.04 Å². The summed E-state index contributed by atoms with van der Waals surface area (Å²) in [5.74, 6) is -1.32. The van der Waals surface area contributed by atoms with E-state index in [9.17, 15) is 14.4 Å². The van der Waals surface area contributed by atoms with Crippen molar-refractivity contribution in [2.24, 2.45) is 0 Å². The predicted octanol–water partition coefficient (Wildman–Crippen LogP) is -0.816. The molecule has 1 amide bonds. The number of cyclic esters (lactones) is 2. The molecule has 6 nitrogen and oxygen atoms in total. The van der Waals surface area contributed by atoms with Gasteiger partial charge in [0.2, 0.25) is 0 Å². The number of carbonyl (C=O) groups excluding carboxylic acids is 3. The summed E-state index contributed by atoms with van der Waals surface area (Å²) in [6.45, 7) is 0. The highest BCUT2D eigenvalue weighted by Crippen LogP contribution is 2.04. The smallest absolute Gasteiger partial charge is 0.415 e. The van der Waals surface area contributed by atoms with Gasteiger partial charge in [0.25, 0.3) is 0 Å². The van der Waals surface area contributed by atoms with Crippen LogP contribution in [0.25, 0.3) is 0 Å². The van der Waals surface area contributed by atoms with E-state index in [1.807, 2.05) is 0 Å². The highest BCUT2D eigenvalue weighted by atomic mass is 16.6. The van der Waals surface area contributed by atoms with Crippen LogP contribution in [0.4, 0.5) is 4.79 Å². The molecular formula is C6H7NO5. The monoisotopic (exact) mass is 173 g/mol. The minimum atomic E-state index is -0.898. The molecule has 12 heavy (non-hydrogen) atoms. The highest BCUT2D eigenvalue weighted by molar-refractivity contribution is 5.97. The second-order valence-electron chi connectivity index (χ2n) is 2.19. The Hall–Kier alpha value is -1.59. The molecule has 0 aliphatic carbocycles. The molecule has 1 fully saturated rings. The first-order valence-electron chi connectivity index (χ1n) is 3.22. The van der Waals surface area contributed by atoms with Crippen molar-refractivity contribution in [1.29, 1.82) is 0 Å². The van der Waals surface area contributed by atoms with Crippen molar-refractivity contribution < 1.29 is 23.9 Å². The molecule has 0 saturated carbocycles. The summed E-state index contributed by atoms with van der Waals surface area (Å²) in [6.07, 6.45) is -1.02. The Labute approximate surface area is 67.8 Å². The molecule has 1 aliphatic rings. The van der Waals surface area contributed by atoms with Gasteiger partial charge in [-0.1, -0.05) is 0 Å². The fourth-order valence-corrected chi connectivity index (χ4v) is 0.778. The summed E-state index contributed by atoms with van der Waals surface area (Å²) in [6, 6.07) is -0.898. The summed E-state index contributed by atoms with van der Waals surface area (Å²) < 4.78 is 8.42. The van der Waals surface area contributed by atoms with Crippen molar-refractivity contribution >= 4 is 18.0 Å². The molecule has 0 aromatic carbocycles. The normalized spacial score (nSPS) is 21.6. The average molecular weight is 173 g/mol. The molecule has 0 radical (unpaired) electrons. The second-order valence-corrected chi connectivity index (χ2v) is 2.19. The zero-order chi connectivity index (χ0) is 9.14. The summed E-state index contributed by atoms with van der Waals surface area (Å²) in [4.78, 5) is 31.8. The van der Waals surface area contributed by atoms with E-state index in [1.165, 1.54) is 7.11 Å². The second kappa shape index (κ2) is 3.21.